The van der Waals surface area contributed by atoms with E-state index in [4.69, 9.17) is 4.43 Å². The molecule has 0 N–H and O–H groups in total. The third-order valence-corrected chi connectivity index (χ3v) is 2.64. The van der Waals surface area contributed by atoms with Crippen molar-refractivity contribution in [3.05, 3.63) is 31.4 Å². The largest absolute Gasteiger partial charge is 0.417 e. The van der Waals surface area contributed by atoms with Crippen LogP contribution in [0.2, 0.25) is 13.1 Å². The molecule has 0 aliphatic heterocycles. The molecule has 0 aliphatic carbocycles. The first kappa shape index (κ1) is 14.1. The molecule has 1 atom stereocenters. The van der Waals surface area contributed by atoms with E-state index in [2.05, 4.69) is 31.6 Å². The second-order valence-electron chi connectivity index (χ2n) is 3.33. The molecule has 1 aromatic rings. The van der Waals surface area contributed by atoms with E-state index in [-0.39, 0.29) is 9.04 Å². The number of hydrogen-bond donors (Lipinski definition) is 0. The Labute approximate surface area is 94.5 Å². The lowest BCUT2D eigenvalue weighted by Gasteiger charge is -2.04. The molecule has 0 spiro atoms. The van der Waals surface area contributed by atoms with Crippen LogP contribution in [-0.4, -0.2) is 25.2 Å². The Morgan fingerprint density at radius 3 is 2.53 bits per heavy atom. The van der Waals surface area contributed by atoms with E-state index in [1.165, 1.54) is 0 Å². The van der Waals surface area contributed by atoms with Gasteiger partial charge in [-0.25, -0.2) is 4.98 Å². The molecular weight excluding hydrogens is 204 g/mol. The molecule has 0 saturated carbocycles. The number of hydrogen-bond acceptors (Lipinski definition) is 2. The Hall–Kier alpha value is -0.873. The molecule has 0 amide bonds. The van der Waals surface area contributed by atoms with Gasteiger partial charge in [0.05, 0.1) is 6.33 Å². The highest BCUT2D eigenvalue weighted by Gasteiger charge is 1.93. The summed E-state index contributed by atoms with van der Waals surface area (Å²) in [6.45, 7) is 12.9. The lowest BCUT2D eigenvalue weighted by atomic mass is 10.3. The van der Waals surface area contributed by atoms with Crippen molar-refractivity contribution in [3.8, 4) is 0 Å². The molecule has 1 rings (SSSR count). The minimum atomic E-state index is -0.386. The smallest absolute Gasteiger partial charge is 0.204 e. The first-order valence-corrected chi connectivity index (χ1v) is 7.55. The van der Waals surface area contributed by atoms with Gasteiger partial charge in [0.15, 0.2) is 0 Å². The molecule has 0 fully saturated rings. The zero-order valence-electron chi connectivity index (χ0n) is 10.1. The molecule has 0 aliphatic rings. The summed E-state index contributed by atoms with van der Waals surface area (Å²) in [7, 11) is -0.386. The maximum Gasteiger partial charge on any atom is 0.204 e. The summed E-state index contributed by atoms with van der Waals surface area (Å²) in [5.41, 5.74) is 0. The van der Waals surface area contributed by atoms with E-state index in [9.17, 15) is 0 Å². The van der Waals surface area contributed by atoms with Crippen molar-refractivity contribution in [1.29, 1.82) is 0 Å². The van der Waals surface area contributed by atoms with Crippen LogP contribution < -0.4 is 0 Å². The predicted molar refractivity (Wildman–Crippen MR) is 66.2 cm³/mol. The van der Waals surface area contributed by atoms with Crippen LogP contribution in [0.1, 0.15) is 19.9 Å². The maximum absolute atomic E-state index is 5.14. The van der Waals surface area contributed by atoms with Crippen LogP contribution in [0.4, 0.5) is 0 Å². The fourth-order valence-electron chi connectivity index (χ4n) is 0.921. The molecule has 1 aromatic heterocycles. The number of allylic oxidation sites excluding steroid dienone is 1. The Morgan fingerprint density at radius 1 is 1.60 bits per heavy atom. The van der Waals surface area contributed by atoms with E-state index in [1.54, 1.807) is 12.5 Å². The number of nitrogens with zero attached hydrogens (tertiary/aromatic N) is 2. The average Bonchev–Trinajstić information content (AvgIpc) is 2.70. The molecule has 85 valence electrons. The Morgan fingerprint density at radius 2 is 2.27 bits per heavy atom. The molecule has 0 bridgehead atoms. The van der Waals surface area contributed by atoms with Crippen molar-refractivity contribution in [2.24, 2.45) is 0 Å². The van der Waals surface area contributed by atoms with Gasteiger partial charge in [0.1, 0.15) is 0 Å². The first-order chi connectivity index (χ1) is 7.11. The fraction of sp³-hybridized carbons (Fsp3) is 0.545. The third-order valence-electron chi connectivity index (χ3n) is 1.77. The van der Waals surface area contributed by atoms with Crippen molar-refractivity contribution in [1.82, 2.24) is 9.55 Å². The first-order valence-electron chi connectivity index (χ1n) is 5.14. The summed E-state index contributed by atoms with van der Waals surface area (Å²) >= 11 is 0. The normalized spacial score (nSPS) is 11.8. The highest BCUT2D eigenvalue weighted by molar-refractivity contribution is 6.48. The standard InChI is InChI=1S/C7H10N2.C4H11OSi/c1-3-7(2)9-5-4-8-6-9;1-4-5-6(2)3/h3-7H,1H2,2H3;4H2,1-3H3. The second kappa shape index (κ2) is 8.44. The molecular formula is C11H21N2OSi. The zero-order chi connectivity index (χ0) is 11.7. The minimum Gasteiger partial charge on any atom is -0.417 e. The van der Waals surface area contributed by atoms with E-state index >= 15 is 0 Å². The lowest BCUT2D eigenvalue weighted by molar-refractivity contribution is 0.350. The summed E-state index contributed by atoms with van der Waals surface area (Å²) < 4.78 is 7.14. The minimum absolute atomic E-state index is 0.354. The monoisotopic (exact) mass is 225 g/mol. The highest BCUT2D eigenvalue weighted by Crippen LogP contribution is 2.03. The van der Waals surface area contributed by atoms with E-state index < -0.39 is 0 Å². The SMILES string of the molecule is C=CC(C)n1ccnc1.CCO[Si](C)C. The maximum atomic E-state index is 5.14. The van der Waals surface area contributed by atoms with Crippen molar-refractivity contribution in [3.63, 3.8) is 0 Å². The van der Waals surface area contributed by atoms with E-state index in [0.29, 0.717) is 6.04 Å². The van der Waals surface area contributed by atoms with Crippen molar-refractivity contribution >= 4 is 9.04 Å². The average molecular weight is 225 g/mol. The van der Waals surface area contributed by atoms with Gasteiger partial charge in [-0.1, -0.05) is 6.08 Å². The summed E-state index contributed by atoms with van der Waals surface area (Å²) in [5.74, 6) is 0. The summed E-state index contributed by atoms with van der Waals surface area (Å²) in [5, 5.41) is 0. The van der Waals surface area contributed by atoms with Crippen molar-refractivity contribution in [2.75, 3.05) is 6.61 Å². The summed E-state index contributed by atoms with van der Waals surface area (Å²) in [6.07, 6.45) is 7.35. The van der Waals surface area contributed by atoms with Gasteiger partial charge in [-0.05, 0) is 26.9 Å². The van der Waals surface area contributed by atoms with Crippen LogP contribution in [0.5, 0.6) is 0 Å². The molecule has 1 heterocycles. The van der Waals surface area contributed by atoms with Crippen LogP contribution >= 0.6 is 0 Å². The molecule has 15 heavy (non-hydrogen) atoms. The second-order valence-corrected chi connectivity index (χ2v) is 5.43. The zero-order valence-corrected chi connectivity index (χ0v) is 11.1. The molecule has 4 heteroatoms. The molecule has 1 unspecified atom stereocenters. The highest BCUT2D eigenvalue weighted by atomic mass is 28.3. The Kier molecular flexibility index (Phi) is 7.95. The Balaban J connectivity index is 0.000000288. The fourth-order valence-corrected chi connectivity index (χ4v) is 1.50. The van der Waals surface area contributed by atoms with E-state index in [1.807, 2.05) is 23.8 Å². The number of imidazole rings is 1. The van der Waals surface area contributed by atoms with Gasteiger partial charge >= 0.3 is 0 Å². The number of rotatable bonds is 4. The summed E-state index contributed by atoms with van der Waals surface area (Å²) in [6, 6.07) is 0.354. The van der Waals surface area contributed by atoms with Gasteiger partial charge in [0.2, 0.25) is 9.04 Å². The predicted octanol–water partition coefficient (Wildman–Crippen LogP) is 2.90. The van der Waals surface area contributed by atoms with E-state index in [0.717, 1.165) is 6.61 Å². The molecule has 3 nitrogen and oxygen atoms in total. The Bertz CT molecular complexity index is 247. The van der Waals surface area contributed by atoms with Crippen LogP contribution in [0.15, 0.2) is 31.4 Å². The summed E-state index contributed by atoms with van der Waals surface area (Å²) in [4.78, 5) is 3.91. The van der Waals surface area contributed by atoms with Crippen LogP contribution in [0.25, 0.3) is 0 Å². The van der Waals surface area contributed by atoms with Gasteiger partial charge in [-0.3, -0.25) is 0 Å². The topological polar surface area (TPSA) is 27.1 Å². The molecule has 1 radical (unpaired) electrons. The quantitative estimate of drug-likeness (QED) is 0.582. The third kappa shape index (κ3) is 7.10. The van der Waals surface area contributed by atoms with Gasteiger partial charge in [-0.2, -0.15) is 0 Å². The van der Waals surface area contributed by atoms with Gasteiger partial charge < -0.3 is 8.99 Å². The van der Waals surface area contributed by atoms with Crippen LogP contribution in [0.3, 0.4) is 0 Å². The van der Waals surface area contributed by atoms with Gasteiger partial charge in [0, 0.05) is 25.0 Å². The van der Waals surface area contributed by atoms with Crippen LogP contribution in [-0.2, 0) is 4.43 Å². The van der Waals surface area contributed by atoms with Crippen molar-refractivity contribution < 1.29 is 4.43 Å². The molecule has 0 saturated heterocycles. The number of aromatic nitrogens is 2. The van der Waals surface area contributed by atoms with Crippen LogP contribution in [0, 0.1) is 0 Å². The van der Waals surface area contributed by atoms with Gasteiger partial charge in [-0.15, -0.1) is 6.58 Å². The molecule has 0 aromatic carbocycles. The van der Waals surface area contributed by atoms with Crippen molar-refractivity contribution in [2.45, 2.75) is 33.0 Å². The van der Waals surface area contributed by atoms with Gasteiger partial charge in [0.25, 0.3) is 0 Å². The lowest BCUT2D eigenvalue weighted by Crippen LogP contribution is -2.05.